The summed E-state index contributed by atoms with van der Waals surface area (Å²) in [5, 5.41) is 20.5. The molecule has 90 valence electrons. The number of nitrogens with zero attached hydrogens (tertiary/aromatic N) is 1. The second-order valence-electron chi connectivity index (χ2n) is 2.07. The van der Waals surface area contributed by atoms with Crippen molar-refractivity contribution in [1.29, 1.82) is 5.39 Å². The minimum atomic E-state index is -6.00. The van der Waals surface area contributed by atoms with Crippen molar-refractivity contribution in [3.8, 4) is 5.75 Å². The molecule has 0 saturated carbocycles. The van der Waals surface area contributed by atoms with Crippen LogP contribution in [-0.2, 0) is 0 Å². The van der Waals surface area contributed by atoms with Gasteiger partial charge in [0.1, 0.15) is 10.8 Å². The van der Waals surface area contributed by atoms with Crippen molar-refractivity contribution in [2.24, 2.45) is 0 Å². The van der Waals surface area contributed by atoms with Crippen molar-refractivity contribution in [3.63, 3.8) is 0 Å². The predicted molar refractivity (Wildman–Crippen MR) is 51.0 cm³/mol. The number of phenols is 1. The van der Waals surface area contributed by atoms with Crippen molar-refractivity contribution in [3.05, 3.63) is 28.2 Å². The molecule has 0 spiro atoms. The summed E-state index contributed by atoms with van der Waals surface area (Å²) in [6.45, 7) is 0. The van der Waals surface area contributed by atoms with Crippen LogP contribution in [0.4, 0.5) is 17.3 Å². The van der Waals surface area contributed by atoms with Crippen molar-refractivity contribution in [2.45, 2.75) is 0 Å². The minimum absolute atomic E-state index is 0.0177. The van der Waals surface area contributed by atoms with Gasteiger partial charge >= 0.3 is 7.25 Å². The van der Waals surface area contributed by atoms with Gasteiger partial charge in [-0.15, -0.1) is 0 Å². The Bertz CT molecular complexity index is 321. The number of hydrogen-bond donors (Lipinski definition) is 2. The van der Waals surface area contributed by atoms with Crippen LogP contribution in [0.2, 0.25) is 10.0 Å². The highest BCUT2D eigenvalue weighted by Gasteiger charge is 2.20. The van der Waals surface area contributed by atoms with Gasteiger partial charge in [-0.2, -0.15) is 0 Å². The summed E-state index contributed by atoms with van der Waals surface area (Å²) >= 11 is 11.0. The first-order chi connectivity index (χ1) is 7.22. The molecule has 0 unspecified atom stereocenters. The van der Waals surface area contributed by atoms with E-state index in [2.05, 4.69) is 0 Å². The van der Waals surface area contributed by atoms with Crippen LogP contribution in [0.5, 0.6) is 5.75 Å². The first-order valence-corrected chi connectivity index (χ1v) is 4.20. The van der Waals surface area contributed by atoms with Crippen molar-refractivity contribution in [2.75, 3.05) is 0 Å². The van der Waals surface area contributed by atoms with Gasteiger partial charge in [-0.1, -0.05) is 29.3 Å². The largest absolute Gasteiger partial charge is 0.673 e. The topological polar surface area (TPSA) is 67.8 Å². The maximum absolute atomic E-state index is 9.75. The molecule has 1 rings (SSSR count). The molecule has 0 heterocycles. The summed E-state index contributed by atoms with van der Waals surface area (Å²) in [7, 11) is -6.00. The molecule has 0 fully saturated rings. The molecule has 0 atom stereocenters. The molecule has 0 aliphatic heterocycles. The van der Waals surface area contributed by atoms with Crippen molar-refractivity contribution >= 4 is 30.5 Å². The molecule has 1 aromatic rings. The van der Waals surface area contributed by atoms with Gasteiger partial charge in [0, 0.05) is 0 Å². The van der Waals surface area contributed by atoms with E-state index in [4.69, 9.17) is 39.1 Å². The lowest BCUT2D eigenvalue weighted by Gasteiger charge is -1.95. The monoisotopic (exact) mass is 278 g/mol. The third kappa shape index (κ3) is 10.9. The van der Waals surface area contributed by atoms with Gasteiger partial charge in [0.2, 0.25) is 5.39 Å². The van der Waals surface area contributed by atoms with E-state index in [0.717, 1.165) is 0 Å². The fraction of sp³-hybridized carbons (Fsp3) is 0. The van der Waals surface area contributed by atoms with Crippen LogP contribution >= 0.6 is 23.2 Å². The fourth-order valence-electron chi connectivity index (χ4n) is 0.492. The highest BCUT2D eigenvalue weighted by atomic mass is 35.5. The maximum atomic E-state index is 9.75. The zero-order chi connectivity index (χ0) is 13.4. The van der Waals surface area contributed by atoms with Crippen LogP contribution < -0.4 is 5.39 Å². The number of benzene rings is 1. The normalized spacial score (nSPS) is 9.25. The van der Waals surface area contributed by atoms with E-state index in [9.17, 15) is 17.3 Å². The molecule has 1 aromatic carbocycles. The van der Waals surface area contributed by atoms with Crippen LogP contribution in [0.1, 0.15) is 0 Å². The number of aromatic hydroxyl groups is 1. The van der Waals surface area contributed by atoms with Gasteiger partial charge in [-0.25, -0.2) is 0 Å². The number of nitrogens with one attached hydrogen (secondary N) is 1. The lowest BCUT2D eigenvalue weighted by atomic mass is 10.3. The second-order valence-corrected chi connectivity index (χ2v) is 2.85. The first kappa shape index (κ1) is 17.2. The molecule has 16 heavy (non-hydrogen) atoms. The van der Waals surface area contributed by atoms with E-state index in [0.29, 0.717) is 5.02 Å². The van der Waals surface area contributed by atoms with Crippen LogP contribution in [-0.4, -0.2) is 12.4 Å². The Morgan fingerprint density at radius 2 is 1.50 bits per heavy atom. The first-order valence-electron chi connectivity index (χ1n) is 3.44. The van der Waals surface area contributed by atoms with Gasteiger partial charge in [-0.05, 0) is 12.1 Å². The van der Waals surface area contributed by atoms with Crippen molar-refractivity contribution in [1.82, 2.24) is 0 Å². The Kier molecular flexibility index (Phi) is 8.62. The molecule has 0 amide bonds. The van der Waals surface area contributed by atoms with Gasteiger partial charge in [0.15, 0.2) is 0 Å². The Morgan fingerprint density at radius 3 is 1.75 bits per heavy atom. The summed E-state index contributed by atoms with van der Waals surface area (Å²) in [5.74, 6) is 0.0177. The van der Waals surface area contributed by atoms with E-state index >= 15 is 0 Å². The van der Waals surface area contributed by atoms with Gasteiger partial charge in [-0.3, -0.25) is 0 Å². The Labute approximate surface area is 98.1 Å². The van der Waals surface area contributed by atoms with Crippen LogP contribution in [0, 0.1) is 5.39 Å². The Morgan fingerprint density at radius 1 is 1.12 bits per heavy atom. The minimum Gasteiger partial charge on any atom is -0.506 e. The number of phenolic OH excluding ortho intramolecular Hbond substituents is 1. The average molecular weight is 279 g/mol. The smallest absolute Gasteiger partial charge is 0.506 e. The van der Waals surface area contributed by atoms with E-state index < -0.39 is 7.25 Å². The van der Waals surface area contributed by atoms with Crippen LogP contribution in [0.25, 0.3) is 0 Å². The van der Waals surface area contributed by atoms with Crippen molar-refractivity contribution < 1.29 is 27.8 Å². The molecule has 0 aliphatic rings. The van der Waals surface area contributed by atoms with E-state index in [-0.39, 0.29) is 10.8 Å². The Balaban J connectivity index is 0. The second kappa shape index (κ2) is 8.02. The van der Waals surface area contributed by atoms with Gasteiger partial charge in [0.25, 0.3) is 0 Å². The van der Waals surface area contributed by atoms with E-state index in [1.54, 1.807) is 12.1 Å². The molecule has 0 bridgehead atoms. The summed E-state index contributed by atoms with van der Waals surface area (Å²) in [5.41, 5.74) is 0. The average Bonchev–Trinajstić information content (AvgIpc) is 2.15. The standard InChI is InChI=1S/C6H4Cl2O.BF4.N2/c7-4-2-1-3-5(9)6(4)8;2-1(3,4)5;1-2/h1-3,9H;;/q;-1;/p+1. The van der Waals surface area contributed by atoms with Crippen LogP contribution in [0.3, 0.4) is 0 Å². The molecule has 0 aliphatic carbocycles. The summed E-state index contributed by atoms with van der Waals surface area (Å²) in [4.78, 5) is 0. The SMILES string of the molecule is F[B-](F)(F)F.N#[NH+].Oc1cccc(Cl)c1Cl. The summed E-state index contributed by atoms with van der Waals surface area (Å²) < 4.78 is 39.0. The maximum Gasteiger partial charge on any atom is 0.673 e. The van der Waals surface area contributed by atoms with E-state index in [1.807, 2.05) is 0 Å². The molecular formula is C6H5BCl2F4N2O. The quantitative estimate of drug-likeness (QED) is 0.434. The lowest BCUT2D eigenvalue weighted by Crippen LogP contribution is -2.11. The summed E-state index contributed by atoms with van der Waals surface area (Å²) in [6, 6.07) is 4.72. The predicted octanol–water partition coefficient (Wildman–Crippen LogP) is 2.28. The molecule has 0 saturated heterocycles. The molecular weight excluding hydrogens is 274 g/mol. The fourth-order valence-corrected chi connectivity index (χ4v) is 0.788. The molecule has 0 aromatic heterocycles. The molecule has 3 nitrogen and oxygen atoms in total. The summed E-state index contributed by atoms with van der Waals surface area (Å²) in [6.07, 6.45) is 0. The highest BCUT2D eigenvalue weighted by molar-refractivity contribution is 6.50. The number of rotatable bonds is 0. The number of halogens is 6. The number of hydrogen-bond acceptors (Lipinski definition) is 2. The number of diazo groups is 1. The Hall–Kier alpha value is -1.20. The third-order valence-corrected chi connectivity index (χ3v) is 1.74. The van der Waals surface area contributed by atoms with Gasteiger partial charge in [0.05, 0.1) is 10.4 Å². The van der Waals surface area contributed by atoms with Gasteiger partial charge < -0.3 is 22.4 Å². The molecule has 0 radical (unpaired) electrons. The highest BCUT2D eigenvalue weighted by Crippen LogP contribution is 2.29. The van der Waals surface area contributed by atoms with E-state index in [1.165, 1.54) is 6.07 Å². The molecule has 10 heteroatoms. The zero-order valence-electron chi connectivity index (χ0n) is 7.47. The van der Waals surface area contributed by atoms with Crippen LogP contribution in [0.15, 0.2) is 18.2 Å². The zero-order valence-corrected chi connectivity index (χ0v) is 8.98. The third-order valence-electron chi connectivity index (χ3n) is 0.931. The lowest BCUT2D eigenvalue weighted by molar-refractivity contribution is -0.175. The molecule has 2 N–H and O–H groups in total.